The van der Waals surface area contributed by atoms with Gasteiger partial charge in [0.05, 0.1) is 5.69 Å². The number of fused-ring (bicyclic) bond motifs is 1. The van der Waals surface area contributed by atoms with Crippen LogP contribution in [0, 0.1) is 0 Å². The minimum absolute atomic E-state index is 0.00509. The number of pyridine rings is 1. The molecule has 0 aliphatic rings. The van der Waals surface area contributed by atoms with Crippen molar-refractivity contribution in [1.82, 2.24) is 4.98 Å². The van der Waals surface area contributed by atoms with E-state index < -0.39 is 0 Å². The van der Waals surface area contributed by atoms with E-state index in [1.807, 2.05) is 12.1 Å². The van der Waals surface area contributed by atoms with Crippen LogP contribution in [-0.2, 0) is 0 Å². The number of hydrogen-bond acceptors (Lipinski definition) is 2. The van der Waals surface area contributed by atoms with Crippen molar-refractivity contribution in [2.24, 2.45) is 27.2 Å². The maximum Gasteiger partial charge on any atom is 0.223 e. The maximum atomic E-state index is 5.82. The van der Waals surface area contributed by atoms with Gasteiger partial charge in [-0.3, -0.25) is 0 Å². The van der Waals surface area contributed by atoms with Gasteiger partial charge >= 0.3 is 0 Å². The second-order valence-electron chi connectivity index (χ2n) is 3.55. The minimum atomic E-state index is -0.135. The van der Waals surface area contributed by atoms with Crippen LogP contribution in [0.25, 0.3) is 10.8 Å². The Balaban J connectivity index is 2.44. The summed E-state index contributed by atoms with van der Waals surface area (Å²) in [7, 11) is 0. The molecule has 1 heterocycles. The first-order chi connectivity index (χ1) is 8.54. The quantitative estimate of drug-likeness (QED) is 0.405. The van der Waals surface area contributed by atoms with E-state index in [4.69, 9.17) is 28.8 Å². The summed E-state index contributed by atoms with van der Waals surface area (Å²) >= 11 is 5.82. The number of aromatic nitrogens is 1. The predicted molar refractivity (Wildman–Crippen MR) is 73.8 cm³/mol. The molecule has 0 aliphatic carbocycles. The van der Waals surface area contributed by atoms with E-state index in [9.17, 15) is 0 Å². The molecule has 0 radical (unpaired) electrons. The fourth-order valence-corrected chi connectivity index (χ4v) is 1.63. The van der Waals surface area contributed by atoms with Crippen molar-refractivity contribution in [3.8, 4) is 0 Å². The highest BCUT2D eigenvalue weighted by molar-refractivity contribution is 6.30. The molecule has 0 unspecified atom stereocenters. The zero-order chi connectivity index (χ0) is 13.1. The van der Waals surface area contributed by atoms with Crippen molar-refractivity contribution in [3.63, 3.8) is 0 Å². The molecule has 6 N–H and O–H groups in total. The Labute approximate surface area is 108 Å². The van der Waals surface area contributed by atoms with Crippen LogP contribution in [0.1, 0.15) is 0 Å². The van der Waals surface area contributed by atoms with E-state index in [-0.39, 0.29) is 11.9 Å². The maximum absolute atomic E-state index is 5.82. The van der Waals surface area contributed by atoms with Gasteiger partial charge in [-0.2, -0.15) is 4.99 Å². The molecule has 1 aromatic carbocycles. The van der Waals surface area contributed by atoms with Crippen LogP contribution in [0.15, 0.2) is 40.4 Å². The minimum Gasteiger partial charge on any atom is -0.370 e. The molecule has 0 bridgehead atoms. The molecule has 0 amide bonds. The third-order valence-electron chi connectivity index (χ3n) is 2.16. The van der Waals surface area contributed by atoms with Crippen molar-refractivity contribution >= 4 is 40.0 Å². The lowest BCUT2D eigenvalue weighted by Gasteiger charge is -2.00. The van der Waals surface area contributed by atoms with Crippen LogP contribution in [0.5, 0.6) is 0 Å². The molecule has 0 spiro atoms. The van der Waals surface area contributed by atoms with Crippen LogP contribution < -0.4 is 17.2 Å². The number of nitrogens with zero attached hydrogens (tertiary/aromatic N) is 3. The Morgan fingerprint density at radius 3 is 2.61 bits per heavy atom. The molecule has 2 rings (SSSR count). The number of benzene rings is 1. The Kier molecular flexibility index (Phi) is 3.29. The lowest BCUT2D eigenvalue weighted by Crippen LogP contribution is -2.26. The number of hydrogen-bond donors (Lipinski definition) is 3. The van der Waals surface area contributed by atoms with E-state index in [1.54, 1.807) is 18.3 Å². The summed E-state index contributed by atoms with van der Waals surface area (Å²) < 4.78 is 0. The Bertz CT molecular complexity index is 645. The van der Waals surface area contributed by atoms with Gasteiger partial charge < -0.3 is 17.2 Å². The van der Waals surface area contributed by atoms with Gasteiger partial charge in [0.25, 0.3) is 0 Å². The lowest BCUT2D eigenvalue weighted by molar-refractivity contribution is 1.36. The average Bonchev–Trinajstić information content (AvgIpc) is 2.27. The summed E-state index contributed by atoms with van der Waals surface area (Å²) in [6, 6.07) is 7.21. The summed E-state index contributed by atoms with van der Waals surface area (Å²) in [6.07, 6.45) is 1.69. The normalized spacial score (nSPS) is 11.5. The monoisotopic (exact) mass is 262 g/mol. The number of halogens is 1. The van der Waals surface area contributed by atoms with Crippen molar-refractivity contribution in [2.75, 3.05) is 0 Å². The van der Waals surface area contributed by atoms with E-state index >= 15 is 0 Å². The SMILES string of the molecule is NC(N)=NC(N)=Nc1ccc2cnc(Cl)cc2c1. The number of aliphatic imine (C=N–C) groups is 2. The van der Waals surface area contributed by atoms with E-state index in [2.05, 4.69) is 15.0 Å². The zero-order valence-electron chi connectivity index (χ0n) is 9.34. The van der Waals surface area contributed by atoms with Gasteiger partial charge in [-0.05, 0) is 23.6 Å². The number of guanidine groups is 2. The standard InChI is InChI=1S/C11H11ClN6/c12-9-4-7-3-8(2-1-6(7)5-16-9)17-11(15)18-10(13)14/h1-5H,(H6,13,14,15,17,18). The van der Waals surface area contributed by atoms with Gasteiger partial charge in [0, 0.05) is 11.6 Å². The third kappa shape index (κ3) is 2.86. The van der Waals surface area contributed by atoms with Crippen molar-refractivity contribution in [3.05, 3.63) is 35.6 Å². The second kappa shape index (κ2) is 4.89. The third-order valence-corrected chi connectivity index (χ3v) is 2.37. The smallest absolute Gasteiger partial charge is 0.223 e. The van der Waals surface area contributed by atoms with Gasteiger partial charge in [-0.25, -0.2) is 9.98 Å². The summed E-state index contributed by atoms with van der Waals surface area (Å²) in [4.78, 5) is 11.7. The predicted octanol–water partition coefficient (Wildman–Crippen LogP) is 1.11. The largest absolute Gasteiger partial charge is 0.370 e. The summed E-state index contributed by atoms with van der Waals surface area (Å²) in [5, 5.41) is 2.29. The van der Waals surface area contributed by atoms with Crippen LogP contribution in [-0.4, -0.2) is 16.9 Å². The van der Waals surface area contributed by atoms with Gasteiger partial charge in [0.2, 0.25) is 5.96 Å². The van der Waals surface area contributed by atoms with Crippen LogP contribution >= 0.6 is 11.6 Å². The highest BCUT2D eigenvalue weighted by atomic mass is 35.5. The molecule has 92 valence electrons. The molecular formula is C11H11ClN6. The van der Waals surface area contributed by atoms with Crippen molar-refractivity contribution in [2.45, 2.75) is 0 Å². The van der Waals surface area contributed by atoms with Crippen molar-refractivity contribution in [1.29, 1.82) is 0 Å². The highest BCUT2D eigenvalue weighted by Crippen LogP contribution is 2.22. The molecule has 0 aliphatic heterocycles. The van der Waals surface area contributed by atoms with E-state index in [0.717, 1.165) is 10.8 Å². The Hall–Kier alpha value is -2.34. The molecule has 18 heavy (non-hydrogen) atoms. The zero-order valence-corrected chi connectivity index (χ0v) is 10.1. The van der Waals surface area contributed by atoms with E-state index in [1.165, 1.54) is 0 Å². The lowest BCUT2D eigenvalue weighted by atomic mass is 10.1. The Morgan fingerprint density at radius 2 is 1.89 bits per heavy atom. The average molecular weight is 263 g/mol. The topological polar surface area (TPSA) is 116 Å². The first-order valence-corrected chi connectivity index (χ1v) is 5.41. The fraction of sp³-hybridized carbons (Fsp3) is 0. The molecule has 0 saturated heterocycles. The highest BCUT2D eigenvalue weighted by Gasteiger charge is 1.98. The number of nitrogens with two attached hydrogens (primary N) is 3. The first-order valence-electron chi connectivity index (χ1n) is 5.04. The molecule has 1 aromatic heterocycles. The molecule has 6 nitrogen and oxygen atoms in total. The van der Waals surface area contributed by atoms with E-state index in [0.29, 0.717) is 10.8 Å². The van der Waals surface area contributed by atoms with Crippen LogP contribution in [0.2, 0.25) is 5.15 Å². The summed E-state index contributed by atoms with van der Waals surface area (Å²) in [5.41, 5.74) is 16.6. The van der Waals surface area contributed by atoms with Gasteiger partial charge in [-0.1, -0.05) is 17.7 Å². The molecule has 0 atom stereocenters. The van der Waals surface area contributed by atoms with Crippen LogP contribution in [0.4, 0.5) is 5.69 Å². The molecule has 2 aromatic rings. The molecular weight excluding hydrogens is 252 g/mol. The Morgan fingerprint density at radius 1 is 1.11 bits per heavy atom. The molecule has 7 heteroatoms. The summed E-state index contributed by atoms with van der Waals surface area (Å²) in [6.45, 7) is 0. The van der Waals surface area contributed by atoms with Gasteiger partial charge in [0.1, 0.15) is 5.15 Å². The number of rotatable bonds is 1. The summed E-state index contributed by atoms with van der Waals surface area (Å²) in [5.74, 6) is -0.140. The molecule has 0 fully saturated rings. The molecule has 0 saturated carbocycles. The first kappa shape index (κ1) is 12.1. The van der Waals surface area contributed by atoms with Crippen molar-refractivity contribution < 1.29 is 0 Å². The van der Waals surface area contributed by atoms with Crippen LogP contribution in [0.3, 0.4) is 0 Å². The second-order valence-corrected chi connectivity index (χ2v) is 3.93. The van der Waals surface area contributed by atoms with Gasteiger partial charge in [-0.15, -0.1) is 0 Å². The van der Waals surface area contributed by atoms with Gasteiger partial charge in [0.15, 0.2) is 5.96 Å². The fourth-order valence-electron chi connectivity index (χ4n) is 1.46.